The lowest BCUT2D eigenvalue weighted by molar-refractivity contribution is -0.116. The van der Waals surface area contributed by atoms with Crippen LogP contribution >= 0.6 is 22.9 Å². The van der Waals surface area contributed by atoms with E-state index in [2.05, 4.69) is 15.4 Å². The summed E-state index contributed by atoms with van der Waals surface area (Å²) in [4.78, 5) is 29.4. The van der Waals surface area contributed by atoms with Crippen LogP contribution in [-0.4, -0.2) is 26.3 Å². The van der Waals surface area contributed by atoms with E-state index in [1.165, 1.54) is 11.3 Å². The summed E-state index contributed by atoms with van der Waals surface area (Å²) in [7, 11) is 0. The van der Waals surface area contributed by atoms with E-state index in [1.54, 1.807) is 28.8 Å². The van der Waals surface area contributed by atoms with E-state index in [-0.39, 0.29) is 30.5 Å². The summed E-state index contributed by atoms with van der Waals surface area (Å²) < 4.78 is 1.70. The number of carbonyl (C=O) groups is 2. The molecule has 0 saturated heterocycles. The predicted molar refractivity (Wildman–Crippen MR) is 110 cm³/mol. The molecule has 0 aliphatic rings. The van der Waals surface area contributed by atoms with Crippen LogP contribution in [0.4, 0.5) is 5.95 Å². The molecule has 0 saturated carbocycles. The van der Waals surface area contributed by atoms with Crippen LogP contribution < -0.4 is 5.32 Å². The van der Waals surface area contributed by atoms with Gasteiger partial charge in [0.15, 0.2) is 5.78 Å². The van der Waals surface area contributed by atoms with Gasteiger partial charge in [-0.3, -0.25) is 14.9 Å². The summed E-state index contributed by atoms with van der Waals surface area (Å²) in [5, 5.41) is 9.57. The molecule has 28 heavy (non-hydrogen) atoms. The van der Waals surface area contributed by atoms with Crippen molar-refractivity contribution in [1.82, 2.24) is 14.6 Å². The van der Waals surface area contributed by atoms with Crippen molar-refractivity contribution in [2.24, 2.45) is 0 Å². The molecular formula is C20H15ClN4O2S. The molecule has 0 unspecified atom stereocenters. The Morgan fingerprint density at radius 3 is 2.54 bits per heavy atom. The number of hydrogen-bond acceptors (Lipinski definition) is 5. The monoisotopic (exact) mass is 410 g/mol. The van der Waals surface area contributed by atoms with Gasteiger partial charge >= 0.3 is 0 Å². The van der Waals surface area contributed by atoms with Gasteiger partial charge in [-0.15, -0.1) is 16.4 Å². The van der Waals surface area contributed by atoms with Gasteiger partial charge in [0.2, 0.25) is 16.8 Å². The van der Waals surface area contributed by atoms with Crippen LogP contribution in [0, 0.1) is 0 Å². The molecule has 1 amide bonds. The third-order valence-electron chi connectivity index (χ3n) is 4.15. The van der Waals surface area contributed by atoms with E-state index in [9.17, 15) is 9.59 Å². The zero-order valence-electron chi connectivity index (χ0n) is 14.6. The zero-order valence-corrected chi connectivity index (χ0v) is 16.2. The number of rotatable bonds is 6. The second-order valence-corrected chi connectivity index (χ2v) is 7.37. The van der Waals surface area contributed by atoms with Crippen molar-refractivity contribution in [1.29, 1.82) is 0 Å². The Morgan fingerprint density at radius 1 is 1.04 bits per heavy atom. The standard InChI is InChI=1S/C20H15ClN4O2S/c21-15-8-6-14(7-9-15)17(26)10-11-18(27)22-19-23-20-25(24-19)16(12-28-20)13-4-2-1-3-5-13/h1-9,12H,10-11H2,(H,22,24,27). The Hall–Kier alpha value is -3.03. The minimum atomic E-state index is -0.304. The quantitative estimate of drug-likeness (QED) is 0.467. The normalized spacial score (nSPS) is 10.9. The number of hydrogen-bond donors (Lipinski definition) is 1. The lowest BCUT2D eigenvalue weighted by atomic mass is 10.1. The highest BCUT2D eigenvalue weighted by molar-refractivity contribution is 7.15. The fraction of sp³-hybridized carbons (Fsp3) is 0.100. The van der Waals surface area contributed by atoms with Crippen LogP contribution in [0.2, 0.25) is 5.02 Å². The van der Waals surface area contributed by atoms with E-state index in [0.29, 0.717) is 15.5 Å². The molecule has 0 bridgehead atoms. The molecule has 2 aromatic carbocycles. The topological polar surface area (TPSA) is 76.4 Å². The number of Topliss-reactive ketones (excluding diaryl/α,β-unsaturated/α-hetero) is 1. The number of ketones is 1. The number of carbonyl (C=O) groups excluding carboxylic acids is 2. The van der Waals surface area contributed by atoms with Gasteiger partial charge in [-0.2, -0.15) is 4.98 Å². The Morgan fingerprint density at radius 2 is 1.79 bits per heavy atom. The molecule has 0 aliphatic heterocycles. The Labute approximate surface area is 169 Å². The molecule has 140 valence electrons. The number of halogens is 1. The Kier molecular flexibility index (Phi) is 5.18. The lowest BCUT2D eigenvalue weighted by Gasteiger charge is -2.02. The fourth-order valence-corrected chi connectivity index (χ4v) is 3.69. The van der Waals surface area contributed by atoms with Crippen molar-refractivity contribution in [2.45, 2.75) is 12.8 Å². The van der Waals surface area contributed by atoms with Crippen molar-refractivity contribution in [2.75, 3.05) is 5.32 Å². The molecule has 0 atom stereocenters. The van der Waals surface area contributed by atoms with Crippen LogP contribution in [0.15, 0.2) is 60.0 Å². The number of anilines is 1. The summed E-state index contributed by atoms with van der Waals surface area (Å²) in [5.74, 6) is -0.188. The third-order valence-corrected chi connectivity index (χ3v) is 5.22. The third kappa shape index (κ3) is 3.95. The van der Waals surface area contributed by atoms with Crippen LogP contribution in [0.5, 0.6) is 0 Å². The second kappa shape index (κ2) is 7.92. The van der Waals surface area contributed by atoms with Gasteiger partial charge in [0, 0.05) is 34.4 Å². The average Bonchev–Trinajstić information content (AvgIpc) is 3.27. The van der Waals surface area contributed by atoms with Crippen molar-refractivity contribution < 1.29 is 9.59 Å². The molecular weight excluding hydrogens is 396 g/mol. The molecule has 6 nitrogen and oxygen atoms in total. The molecule has 2 aromatic heterocycles. The van der Waals surface area contributed by atoms with Gasteiger partial charge in [0.05, 0.1) is 5.69 Å². The van der Waals surface area contributed by atoms with Crippen molar-refractivity contribution in [3.63, 3.8) is 0 Å². The van der Waals surface area contributed by atoms with Crippen molar-refractivity contribution in [3.05, 3.63) is 70.6 Å². The largest absolute Gasteiger partial charge is 0.294 e. The maximum absolute atomic E-state index is 12.2. The maximum atomic E-state index is 12.2. The van der Waals surface area contributed by atoms with Gasteiger partial charge in [0.1, 0.15) is 0 Å². The van der Waals surface area contributed by atoms with Crippen LogP contribution in [-0.2, 0) is 4.79 Å². The number of nitrogens with one attached hydrogen (secondary N) is 1. The average molecular weight is 411 g/mol. The second-order valence-electron chi connectivity index (χ2n) is 6.10. The van der Waals surface area contributed by atoms with Crippen molar-refractivity contribution >= 4 is 45.5 Å². The molecule has 4 rings (SSSR count). The van der Waals surface area contributed by atoms with Crippen LogP contribution in [0.1, 0.15) is 23.2 Å². The molecule has 2 heterocycles. The number of aromatic nitrogens is 3. The molecule has 0 fully saturated rings. The van der Waals surface area contributed by atoms with Crippen molar-refractivity contribution in [3.8, 4) is 11.3 Å². The first-order chi connectivity index (χ1) is 13.6. The Balaban J connectivity index is 1.41. The number of fused-ring (bicyclic) bond motifs is 1. The minimum Gasteiger partial charge on any atom is -0.294 e. The first-order valence-electron chi connectivity index (χ1n) is 8.58. The number of benzene rings is 2. The molecule has 0 aliphatic carbocycles. The minimum absolute atomic E-state index is 0.0554. The number of amides is 1. The van der Waals surface area contributed by atoms with Gasteiger partial charge in [-0.05, 0) is 24.3 Å². The number of thiazole rings is 1. The summed E-state index contributed by atoms with van der Waals surface area (Å²) in [6, 6.07) is 16.4. The van der Waals surface area contributed by atoms with E-state index in [1.807, 2.05) is 35.7 Å². The lowest BCUT2D eigenvalue weighted by Crippen LogP contribution is -2.14. The van der Waals surface area contributed by atoms with E-state index in [0.717, 1.165) is 11.3 Å². The summed E-state index contributed by atoms with van der Waals surface area (Å²) in [6.07, 6.45) is 0.158. The first-order valence-corrected chi connectivity index (χ1v) is 9.84. The van der Waals surface area contributed by atoms with Crippen LogP contribution in [0.25, 0.3) is 16.2 Å². The smallest absolute Gasteiger partial charge is 0.250 e. The summed E-state index contributed by atoms with van der Waals surface area (Å²) >= 11 is 7.26. The highest BCUT2D eigenvalue weighted by Gasteiger charge is 2.14. The molecule has 0 radical (unpaired) electrons. The number of nitrogens with zero attached hydrogens (tertiary/aromatic N) is 3. The first kappa shape index (κ1) is 18.3. The predicted octanol–water partition coefficient (Wildman–Crippen LogP) is 4.71. The van der Waals surface area contributed by atoms with E-state index in [4.69, 9.17) is 11.6 Å². The maximum Gasteiger partial charge on any atom is 0.250 e. The summed E-state index contributed by atoms with van der Waals surface area (Å²) in [5.41, 5.74) is 2.46. The van der Waals surface area contributed by atoms with E-state index >= 15 is 0 Å². The summed E-state index contributed by atoms with van der Waals surface area (Å²) in [6.45, 7) is 0. The van der Waals surface area contributed by atoms with Gasteiger partial charge in [-0.1, -0.05) is 41.9 Å². The Bertz CT molecular complexity index is 1140. The van der Waals surface area contributed by atoms with Gasteiger partial charge in [-0.25, -0.2) is 4.52 Å². The molecule has 4 aromatic rings. The van der Waals surface area contributed by atoms with E-state index < -0.39 is 0 Å². The highest BCUT2D eigenvalue weighted by atomic mass is 35.5. The molecule has 0 spiro atoms. The molecule has 1 N–H and O–H groups in total. The van der Waals surface area contributed by atoms with Crippen LogP contribution in [0.3, 0.4) is 0 Å². The van der Waals surface area contributed by atoms with Gasteiger partial charge in [0.25, 0.3) is 0 Å². The molecule has 8 heteroatoms. The zero-order chi connectivity index (χ0) is 19.5. The fourth-order valence-electron chi connectivity index (χ4n) is 2.74. The SMILES string of the molecule is O=C(CCC(=O)c1ccc(Cl)cc1)Nc1nc2scc(-c3ccccc3)n2n1. The highest BCUT2D eigenvalue weighted by Crippen LogP contribution is 2.25. The van der Waals surface area contributed by atoms with Gasteiger partial charge < -0.3 is 0 Å².